The second kappa shape index (κ2) is 8.44. The third-order valence-electron chi connectivity index (χ3n) is 7.13. The van der Waals surface area contributed by atoms with E-state index in [9.17, 15) is 9.59 Å². The summed E-state index contributed by atoms with van der Waals surface area (Å²) in [4.78, 5) is 33.2. The van der Waals surface area contributed by atoms with Gasteiger partial charge in [-0.3, -0.25) is 14.6 Å². The summed E-state index contributed by atoms with van der Waals surface area (Å²) in [5.74, 6) is 0.0187. The molecule has 5 rings (SSSR count). The minimum atomic E-state index is -0.405. The average molecular weight is 441 g/mol. The van der Waals surface area contributed by atoms with Gasteiger partial charge >= 0.3 is 6.03 Å². The molecule has 1 saturated carbocycles. The molecule has 0 atom stereocenters. The molecule has 1 aliphatic carbocycles. The summed E-state index contributed by atoms with van der Waals surface area (Å²) in [7, 11) is 0. The number of hydrogen-bond donors (Lipinski definition) is 0. The molecule has 0 radical (unpaired) electrons. The van der Waals surface area contributed by atoms with E-state index < -0.39 is 5.54 Å². The van der Waals surface area contributed by atoms with E-state index in [1.165, 1.54) is 32.1 Å². The van der Waals surface area contributed by atoms with Crippen LogP contribution in [-0.4, -0.2) is 92.7 Å². The lowest BCUT2D eigenvalue weighted by atomic mass is 9.94. The van der Waals surface area contributed by atoms with Gasteiger partial charge in [-0.2, -0.15) is 0 Å². The predicted octanol–water partition coefficient (Wildman–Crippen LogP) is 2.56. The second-order valence-corrected chi connectivity index (χ2v) is 9.81. The van der Waals surface area contributed by atoms with Crippen molar-refractivity contribution >= 4 is 23.0 Å². The van der Waals surface area contributed by atoms with Gasteiger partial charge < -0.3 is 9.64 Å². The Hall–Kier alpha value is -2.52. The zero-order chi connectivity index (χ0) is 22.3. The Bertz CT molecular complexity index is 1000. The van der Waals surface area contributed by atoms with E-state index in [-0.39, 0.29) is 18.7 Å². The van der Waals surface area contributed by atoms with Crippen molar-refractivity contribution in [3.63, 3.8) is 0 Å². The first-order valence-corrected chi connectivity index (χ1v) is 11.7. The topological polar surface area (TPSA) is 83.8 Å². The van der Waals surface area contributed by atoms with Crippen molar-refractivity contribution in [1.82, 2.24) is 29.7 Å². The number of nitrogens with zero attached hydrogens (tertiary/aromatic N) is 6. The molecule has 2 amide bonds. The first-order valence-electron chi connectivity index (χ1n) is 11.7. The minimum absolute atomic E-state index is 0.0187. The number of carbonyl (C=O) groups excluding carboxylic acids is 2. The third-order valence-corrected chi connectivity index (χ3v) is 7.13. The summed E-state index contributed by atoms with van der Waals surface area (Å²) in [6.45, 7) is 7.99. The Morgan fingerprint density at radius 3 is 2.41 bits per heavy atom. The van der Waals surface area contributed by atoms with Crippen LogP contribution in [0.15, 0.2) is 18.2 Å². The number of aromatic nitrogens is 3. The van der Waals surface area contributed by atoms with Crippen molar-refractivity contribution in [3.05, 3.63) is 23.8 Å². The highest BCUT2D eigenvalue weighted by atomic mass is 16.5. The maximum Gasteiger partial charge on any atom is 0.364 e. The van der Waals surface area contributed by atoms with E-state index in [2.05, 4.69) is 15.1 Å². The lowest BCUT2D eigenvalue weighted by molar-refractivity contribution is 0.0523. The summed E-state index contributed by atoms with van der Waals surface area (Å²) in [6, 6.07) is 5.66. The van der Waals surface area contributed by atoms with Gasteiger partial charge in [0.1, 0.15) is 17.8 Å². The molecule has 0 unspecified atom stereocenters. The molecule has 2 saturated heterocycles. The van der Waals surface area contributed by atoms with Crippen molar-refractivity contribution in [2.24, 2.45) is 0 Å². The second-order valence-electron chi connectivity index (χ2n) is 9.81. The molecule has 0 spiro atoms. The molecule has 9 heteroatoms. The van der Waals surface area contributed by atoms with Gasteiger partial charge in [0.25, 0.3) is 5.91 Å². The normalized spacial score (nSPS) is 22.6. The Morgan fingerprint density at radius 1 is 1.00 bits per heavy atom. The Kier molecular flexibility index (Phi) is 5.63. The van der Waals surface area contributed by atoms with E-state index in [0.29, 0.717) is 29.2 Å². The summed E-state index contributed by atoms with van der Waals surface area (Å²) in [6.07, 6.45) is 6.60. The number of benzene rings is 1. The molecule has 1 aromatic carbocycles. The van der Waals surface area contributed by atoms with Crippen LogP contribution in [0.4, 0.5) is 4.79 Å². The molecule has 1 aromatic heterocycles. The van der Waals surface area contributed by atoms with E-state index >= 15 is 0 Å². The first-order chi connectivity index (χ1) is 15.4. The Balaban J connectivity index is 1.27. The molecule has 9 nitrogen and oxygen atoms in total. The van der Waals surface area contributed by atoms with Crippen LogP contribution in [0.2, 0.25) is 0 Å². The molecular weight excluding hydrogens is 408 g/mol. The molecule has 0 bridgehead atoms. The van der Waals surface area contributed by atoms with Crippen LogP contribution in [0.25, 0.3) is 11.0 Å². The van der Waals surface area contributed by atoms with Crippen molar-refractivity contribution in [2.75, 3.05) is 39.5 Å². The summed E-state index contributed by atoms with van der Waals surface area (Å²) < 4.78 is 5.44. The van der Waals surface area contributed by atoms with Gasteiger partial charge in [-0.1, -0.05) is 24.1 Å². The summed E-state index contributed by atoms with van der Waals surface area (Å²) in [5, 5.41) is 8.69. The number of hydrogen-bond acceptors (Lipinski definition) is 6. The quantitative estimate of drug-likeness (QED) is 0.714. The van der Waals surface area contributed by atoms with Crippen LogP contribution < -0.4 is 0 Å². The minimum Gasteiger partial charge on any atom is -0.359 e. The van der Waals surface area contributed by atoms with Crippen LogP contribution in [-0.2, 0) is 4.74 Å². The lowest BCUT2D eigenvalue weighted by Crippen LogP contribution is -2.52. The van der Waals surface area contributed by atoms with Crippen LogP contribution >= 0.6 is 0 Å². The molecule has 2 aromatic rings. The number of ether oxygens (including phenoxy) is 1. The highest BCUT2D eigenvalue weighted by Crippen LogP contribution is 2.25. The van der Waals surface area contributed by atoms with Crippen molar-refractivity contribution < 1.29 is 14.3 Å². The fourth-order valence-corrected chi connectivity index (χ4v) is 5.11. The molecule has 172 valence electrons. The summed E-state index contributed by atoms with van der Waals surface area (Å²) in [5.41, 5.74) is 1.32. The van der Waals surface area contributed by atoms with Gasteiger partial charge in [-0.25, -0.2) is 4.79 Å². The SMILES string of the molecule is CC1(C)COCN1C(=O)n1nc2ccc(C(=O)N3CCN(C4CCCCC4)CC3)cc2n1. The molecule has 32 heavy (non-hydrogen) atoms. The van der Waals surface area contributed by atoms with Crippen LogP contribution in [0.1, 0.15) is 56.3 Å². The van der Waals surface area contributed by atoms with Gasteiger partial charge in [0, 0.05) is 37.8 Å². The number of carbonyl (C=O) groups is 2. The third kappa shape index (κ3) is 3.99. The zero-order valence-corrected chi connectivity index (χ0v) is 19.0. The maximum atomic E-state index is 13.1. The standard InChI is InChI=1S/C23H32N6O3/c1-23(2)15-32-16-28(23)22(31)29-24-19-9-8-17(14-20(19)25-29)21(30)27-12-10-26(11-13-27)18-6-4-3-5-7-18/h8-9,14,18H,3-7,10-13,15-16H2,1-2H3. The van der Waals surface area contributed by atoms with Gasteiger partial charge in [-0.15, -0.1) is 10.2 Å². The van der Waals surface area contributed by atoms with Gasteiger partial charge in [0.05, 0.1) is 12.1 Å². The highest BCUT2D eigenvalue weighted by Gasteiger charge is 2.38. The smallest absolute Gasteiger partial charge is 0.359 e. The fourth-order valence-electron chi connectivity index (χ4n) is 5.11. The van der Waals surface area contributed by atoms with E-state index in [1.54, 1.807) is 23.1 Å². The average Bonchev–Trinajstić information content (AvgIpc) is 3.40. The fraction of sp³-hybridized carbons (Fsp3) is 0.652. The van der Waals surface area contributed by atoms with Crippen LogP contribution in [0.5, 0.6) is 0 Å². The predicted molar refractivity (Wildman–Crippen MR) is 119 cm³/mol. The summed E-state index contributed by atoms with van der Waals surface area (Å²) >= 11 is 0. The monoisotopic (exact) mass is 440 g/mol. The molecule has 3 aliphatic rings. The Labute approximate surface area is 188 Å². The van der Waals surface area contributed by atoms with Gasteiger partial charge in [0.2, 0.25) is 0 Å². The zero-order valence-electron chi connectivity index (χ0n) is 19.0. The molecular formula is C23H32N6O3. The largest absolute Gasteiger partial charge is 0.364 e. The molecule has 3 heterocycles. The molecule has 2 aliphatic heterocycles. The number of amides is 2. The number of rotatable bonds is 2. The first kappa shape index (κ1) is 21.3. The lowest BCUT2D eigenvalue weighted by Gasteiger charge is -2.40. The number of fused-ring (bicyclic) bond motifs is 1. The van der Waals surface area contributed by atoms with Crippen LogP contribution in [0.3, 0.4) is 0 Å². The van der Waals surface area contributed by atoms with Gasteiger partial charge in [-0.05, 0) is 44.9 Å². The number of piperazine rings is 1. The van der Waals surface area contributed by atoms with E-state index in [4.69, 9.17) is 4.74 Å². The Morgan fingerprint density at radius 2 is 1.72 bits per heavy atom. The van der Waals surface area contributed by atoms with E-state index in [1.807, 2.05) is 18.7 Å². The molecule has 3 fully saturated rings. The van der Waals surface area contributed by atoms with E-state index in [0.717, 1.165) is 31.0 Å². The van der Waals surface area contributed by atoms with Crippen LogP contribution in [0, 0.1) is 0 Å². The highest BCUT2D eigenvalue weighted by molar-refractivity contribution is 5.97. The van der Waals surface area contributed by atoms with Crippen molar-refractivity contribution in [1.29, 1.82) is 0 Å². The molecule has 0 N–H and O–H groups in total. The van der Waals surface area contributed by atoms with Gasteiger partial charge in [0.15, 0.2) is 0 Å². The van der Waals surface area contributed by atoms with Crippen molar-refractivity contribution in [2.45, 2.75) is 57.5 Å². The van der Waals surface area contributed by atoms with Crippen molar-refractivity contribution in [3.8, 4) is 0 Å². The maximum absolute atomic E-state index is 13.1.